The molecule has 1 amide bonds. The van der Waals surface area contributed by atoms with Gasteiger partial charge in [0, 0.05) is 32.4 Å². The Bertz CT molecular complexity index is 649. The standard InChI is InChI=1S/C16H24N2O4S/c1-16(7-9-22-10-8-16)12-23(20,21)18(2)11-13-3-5-14(6-4-13)15(17)19/h3-6H,7-12H2,1-2H3,(H2,17,19). The van der Waals surface area contributed by atoms with Gasteiger partial charge < -0.3 is 10.5 Å². The number of amides is 1. The molecule has 1 heterocycles. The number of hydrogen-bond acceptors (Lipinski definition) is 4. The molecule has 1 aromatic rings. The van der Waals surface area contributed by atoms with Gasteiger partial charge in [-0.25, -0.2) is 12.7 Å². The molecule has 2 rings (SSSR count). The SMILES string of the molecule is CN(Cc1ccc(C(N)=O)cc1)S(=O)(=O)CC1(C)CCOCC1. The van der Waals surface area contributed by atoms with Crippen LogP contribution in [0.3, 0.4) is 0 Å². The van der Waals surface area contributed by atoms with Gasteiger partial charge in [-0.3, -0.25) is 4.79 Å². The van der Waals surface area contributed by atoms with Crippen LogP contribution in [-0.4, -0.2) is 44.6 Å². The molecule has 0 unspecified atom stereocenters. The average Bonchev–Trinajstić information content (AvgIpc) is 2.47. The van der Waals surface area contributed by atoms with E-state index in [2.05, 4.69) is 0 Å². The number of nitrogens with two attached hydrogens (primary N) is 1. The molecule has 2 N–H and O–H groups in total. The Morgan fingerprint density at radius 1 is 1.26 bits per heavy atom. The van der Waals surface area contributed by atoms with Gasteiger partial charge in [0.05, 0.1) is 5.75 Å². The van der Waals surface area contributed by atoms with Crippen molar-refractivity contribution in [2.24, 2.45) is 11.1 Å². The van der Waals surface area contributed by atoms with Crippen molar-refractivity contribution in [3.05, 3.63) is 35.4 Å². The average molecular weight is 340 g/mol. The minimum absolute atomic E-state index is 0.124. The minimum Gasteiger partial charge on any atom is -0.381 e. The highest BCUT2D eigenvalue weighted by Gasteiger charge is 2.34. The van der Waals surface area contributed by atoms with Crippen molar-refractivity contribution >= 4 is 15.9 Å². The second-order valence-corrected chi connectivity index (χ2v) is 8.57. The van der Waals surface area contributed by atoms with E-state index in [4.69, 9.17) is 10.5 Å². The van der Waals surface area contributed by atoms with E-state index in [1.54, 1.807) is 31.3 Å². The summed E-state index contributed by atoms with van der Waals surface area (Å²) >= 11 is 0. The summed E-state index contributed by atoms with van der Waals surface area (Å²) in [4.78, 5) is 11.1. The molecule has 1 aromatic carbocycles. The quantitative estimate of drug-likeness (QED) is 0.847. The van der Waals surface area contributed by atoms with E-state index in [0.717, 1.165) is 18.4 Å². The summed E-state index contributed by atoms with van der Waals surface area (Å²) < 4.78 is 31.9. The van der Waals surface area contributed by atoms with E-state index in [1.807, 2.05) is 6.92 Å². The molecule has 128 valence electrons. The number of primary amides is 1. The Hall–Kier alpha value is -1.44. The molecule has 23 heavy (non-hydrogen) atoms. The third-order valence-electron chi connectivity index (χ3n) is 4.35. The highest BCUT2D eigenvalue weighted by molar-refractivity contribution is 7.89. The van der Waals surface area contributed by atoms with Crippen LogP contribution >= 0.6 is 0 Å². The summed E-state index contributed by atoms with van der Waals surface area (Å²) in [6.45, 7) is 3.51. The van der Waals surface area contributed by atoms with E-state index in [9.17, 15) is 13.2 Å². The fraction of sp³-hybridized carbons (Fsp3) is 0.562. The van der Waals surface area contributed by atoms with Crippen molar-refractivity contribution in [3.63, 3.8) is 0 Å². The van der Waals surface area contributed by atoms with Crippen molar-refractivity contribution < 1.29 is 17.9 Å². The number of carbonyl (C=O) groups is 1. The minimum atomic E-state index is -3.36. The van der Waals surface area contributed by atoms with Crippen LogP contribution in [0.2, 0.25) is 0 Å². The second kappa shape index (κ2) is 6.98. The van der Waals surface area contributed by atoms with Crippen LogP contribution in [0, 0.1) is 5.41 Å². The first-order chi connectivity index (χ1) is 10.7. The number of rotatable bonds is 6. The molecular formula is C16H24N2O4S. The zero-order valence-electron chi connectivity index (χ0n) is 13.6. The summed E-state index contributed by atoms with van der Waals surface area (Å²) in [6, 6.07) is 6.67. The molecule has 7 heteroatoms. The van der Waals surface area contributed by atoms with Crippen molar-refractivity contribution in [1.29, 1.82) is 0 Å². The van der Waals surface area contributed by atoms with Gasteiger partial charge in [0.1, 0.15) is 0 Å². The van der Waals surface area contributed by atoms with Crippen molar-refractivity contribution in [1.82, 2.24) is 4.31 Å². The number of benzene rings is 1. The molecular weight excluding hydrogens is 316 g/mol. The number of carbonyl (C=O) groups excluding carboxylic acids is 1. The molecule has 0 aromatic heterocycles. The van der Waals surface area contributed by atoms with E-state index in [0.29, 0.717) is 18.8 Å². The zero-order chi connectivity index (χ0) is 17.1. The number of hydrogen-bond donors (Lipinski definition) is 1. The van der Waals surface area contributed by atoms with Crippen LogP contribution < -0.4 is 5.73 Å². The van der Waals surface area contributed by atoms with E-state index in [1.165, 1.54) is 4.31 Å². The fourth-order valence-corrected chi connectivity index (χ4v) is 4.42. The predicted molar refractivity (Wildman–Crippen MR) is 88.4 cm³/mol. The largest absolute Gasteiger partial charge is 0.381 e. The zero-order valence-corrected chi connectivity index (χ0v) is 14.4. The Labute approximate surface area is 137 Å². The first-order valence-corrected chi connectivity index (χ1v) is 9.23. The molecule has 0 bridgehead atoms. The molecule has 1 aliphatic heterocycles. The van der Waals surface area contributed by atoms with Gasteiger partial charge >= 0.3 is 0 Å². The lowest BCUT2D eigenvalue weighted by Crippen LogP contribution is -2.39. The Kier molecular flexibility index (Phi) is 5.44. The maximum Gasteiger partial charge on any atom is 0.248 e. The Morgan fingerprint density at radius 3 is 2.35 bits per heavy atom. The molecule has 0 aliphatic carbocycles. The van der Waals surface area contributed by atoms with Gasteiger partial charge in [-0.1, -0.05) is 19.1 Å². The van der Waals surface area contributed by atoms with Gasteiger partial charge in [0.15, 0.2) is 0 Å². The number of sulfonamides is 1. The molecule has 1 fully saturated rings. The topological polar surface area (TPSA) is 89.7 Å². The summed E-state index contributed by atoms with van der Waals surface area (Å²) in [5, 5.41) is 0. The first kappa shape index (κ1) is 17.9. The van der Waals surface area contributed by atoms with Crippen LogP contribution in [0.1, 0.15) is 35.7 Å². The number of ether oxygens (including phenoxy) is 1. The third-order valence-corrected chi connectivity index (χ3v) is 6.49. The summed E-state index contributed by atoms with van der Waals surface area (Å²) in [6.07, 6.45) is 1.51. The van der Waals surface area contributed by atoms with Crippen molar-refractivity contribution in [3.8, 4) is 0 Å². The van der Waals surface area contributed by atoms with Crippen LogP contribution in [-0.2, 0) is 21.3 Å². The molecule has 0 radical (unpaired) electrons. The second-order valence-electron chi connectivity index (χ2n) is 6.50. The van der Waals surface area contributed by atoms with Crippen LogP contribution in [0.25, 0.3) is 0 Å². The van der Waals surface area contributed by atoms with Crippen LogP contribution in [0.4, 0.5) is 0 Å². The molecule has 0 atom stereocenters. The lowest BCUT2D eigenvalue weighted by Gasteiger charge is -2.34. The molecule has 0 saturated carbocycles. The van der Waals surface area contributed by atoms with Crippen LogP contribution in [0.15, 0.2) is 24.3 Å². The highest BCUT2D eigenvalue weighted by atomic mass is 32.2. The van der Waals surface area contributed by atoms with E-state index < -0.39 is 15.9 Å². The van der Waals surface area contributed by atoms with Gasteiger partial charge in [0.2, 0.25) is 15.9 Å². The summed E-state index contributed by atoms with van der Waals surface area (Å²) in [5.41, 5.74) is 6.19. The van der Waals surface area contributed by atoms with Gasteiger partial charge in [-0.05, 0) is 36.0 Å². The summed E-state index contributed by atoms with van der Waals surface area (Å²) in [5.74, 6) is -0.371. The van der Waals surface area contributed by atoms with E-state index in [-0.39, 0.29) is 17.7 Å². The lowest BCUT2D eigenvalue weighted by atomic mass is 9.85. The maximum absolute atomic E-state index is 12.6. The normalized spacial score (nSPS) is 18.0. The predicted octanol–water partition coefficient (Wildman–Crippen LogP) is 1.36. The van der Waals surface area contributed by atoms with Gasteiger partial charge in [-0.15, -0.1) is 0 Å². The van der Waals surface area contributed by atoms with E-state index >= 15 is 0 Å². The Morgan fingerprint density at radius 2 is 1.83 bits per heavy atom. The molecule has 1 aliphatic rings. The van der Waals surface area contributed by atoms with Crippen molar-refractivity contribution in [2.75, 3.05) is 26.0 Å². The van der Waals surface area contributed by atoms with Gasteiger partial charge in [0.25, 0.3) is 0 Å². The summed E-state index contributed by atoms with van der Waals surface area (Å²) in [7, 11) is -1.77. The molecule has 1 saturated heterocycles. The fourth-order valence-electron chi connectivity index (χ4n) is 2.69. The smallest absolute Gasteiger partial charge is 0.248 e. The van der Waals surface area contributed by atoms with Crippen LogP contribution in [0.5, 0.6) is 0 Å². The number of nitrogens with zero attached hydrogens (tertiary/aromatic N) is 1. The van der Waals surface area contributed by atoms with Gasteiger partial charge in [-0.2, -0.15) is 0 Å². The molecule has 6 nitrogen and oxygen atoms in total. The monoisotopic (exact) mass is 340 g/mol. The lowest BCUT2D eigenvalue weighted by molar-refractivity contribution is 0.0337. The molecule has 0 spiro atoms. The van der Waals surface area contributed by atoms with Crippen molar-refractivity contribution in [2.45, 2.75) is 26.3 Å². The Balaban J connectivity index is 2.03. The third kappa shape index (κ3) is 4.76. The first-order valence-electron chi connectivity index (χ1n) is 7.62. The maximum atomic E-state index is 12.6. The highest BCUT2D eigenvalue weighted by Crippen LogP contribution is 2.32.